The molecule has 1 atom stereocenters. The van der Waals surface area contributed by atoms with E-state index in [0.717, 1.165) is 5.56 Å². The number of amides is 2. The molecule has 0 bridgehead atoms. The van der Waals surface area contributed by atoms with E-state index in [2.05, 4.69) is 5.32 Å². The second kappa shape index (κ2) is 6.68. The third-order valence-electron chi connectivity index (χ3n) is 2.59. The van der Waals surface area contributed by atoms with Crippen LogP contribution in [0, 0.1) is 0 Å². The van der Waals surface area contributed by atoms with Crippen LogP contribution in [0.15, 0.2) is 30.3 Å². The van der Waals surface area contributed by atoms with Crippen molar-refractivity contribution in [2.45, 2.75) is 25.7 Å². The van der Waals surface area contributed by atoms with Crippen molar-refractivity contribution in [3.8, 4) is 0 Å². The molecule has 0 aliphatic rings. The second-order valence-electron chi connectivity index (χ2n) is 3.99. The summed E-state index contributed by atoms with van der Waals surface area (Å²) in [5.74, 6) is -0.541. The maximum Gasteiger partial charge on any atom is 0.227 e. The average molecular weight is 234 g/mol. The average Bonchev–Trinajstić information content (AvgIpc) is 2.34. The molecule has 2 amide bonds. The van der Waals surface area contributed by atoms with Crippen LogP contribution in [-0.2, 0) is 9.59 Å². The molecule has 4 nitrogen and oxygen atoms in total. The van der Waals surface area contributed by atoms with E-state index >= 15 is 0 Å². The highest BCUT2D eigenvalue weighted by Gasteiger charge is 2.13. The van der Waals surface area contributed by atoms with Crippen LogP contribution >= 0.6 is 0 Å². The molecule has 4 heteroatoms. The quantitative estimate of drug-likeness (QED) is 0.725. The Bertz CT molecular complexity index is 376. The van der Waals surface area contributed by atoms with Crippen LogP contribution in [0.3, 0.4) is 0 Å². The number of hydrogen-bond donors (Lipinski definition) is 2. The van der Waals surface area contributed by atoms with Gasteiger partial charge in [0.25, 0.3) is 0 Å². The minimum absolute atomic E-state index is 0.0272. The van der Waals surface area contributed by atoms with Crippen molar-refractivity contribution in [3.63, 3.8) is 0 Å². The highest BCUT2D eigenvalue weighted by Crippen LogP contribution is 2.14. The summed E-state index contributed by atoms with van der Waals surface area (Å²) in [6.07, 6.45) is 0.891. The fraction of sp³-hybridized carbons (Fsp3) is 0.385. The zero-order valence-corrected chi connectivity index (χ0v) is 9.98. The lowest BCUT2D eigenvalue weighted by Crippen LogP contribution is -2.29. The Morgan fingerprint density at radius 3 is 2.53 bits per heavy atom. The number of hydrogen-bond acceptors (Lipinski definition) is 2. The van der Waals surface area contributed by atoms with Gasteiger partial charge < -0.3 is 11.1 Å². The molecule has 3 N–H and O–H groups in total. The summed E-state index contributed by atoms with van der Waals surface area (Å²) in [5.41, 5.74) is 5.99. The minimum Gasteiger partial charge on any atom is -0.370 e. The number of carbonyl (C=O) groups excluding carboxylic acids is 2. The molecule has 0 saturated heterocycles. The van der Waals surface area contributed by atoms with Crippen LogP contribution in [0.1, 0.15) is 31.2 Å². The third-order valence-corrected chi connectivity index (χ3v) is 2.59. The molecule has 0 saturated carbocycles. The Hall–Kier alpha value is -1.84. The maximum absolute atomic E-state index is 11.8. The van der Waals surface area contributed by atoms with Gasteiger partial charge in [0.1, 0.15) is 0 Å². The zero-order chi connectivity index (χ0) is 12.7. The number of carbonyl (C=O) groups is 2. The summed E-state index contributed by atoms with van der Waals surface area (Å²) >= 11 is 0. The number of nitrogens with one attached hydrogen (secondary N) is 1. The molecule has 0 heterocycles. The molecule has 0 aliphatic heterocycles. The predicted molar refractivity (Wildman–Crippen MR) is 66.3 cm³/mol. The van der Waals surface area contributed by atoms with Gasteiger partial charge in [-0.25, -0.2) is 0 Å². The first-order valence-corrected chi connectivity index (χ1v) is 5.72. The van der Waals surface area contributed by atoms with E-state index in [0.29, 0.717) is 19.4 Å². The summed E-state index contributed by atoms with van der Waals surface area (Å²) in [5, 5.41) is 2.79. The molecule has 0 spiro atoms. The van der Waals surface area contributed by atoms with E-state index in [1.165, 1.54) is 0 Å². The molecule has 17 heavy (non-hydrogen) atoms. The van der Waals surface area contributed by atoms with Gasteiger partial charge in [-0.2, -0.15) is 0 Å². The Balaban J connectivity index is 2.35. The Kier molecular flexibility index (Phi) is 5.20. The van der Waals surface area contributed by atoms with E-state index in [4.69, 9.17) is 5.73 Å². The van der Waals surface area contributed by atoms with Gasteiger partial charge in [0.15, 0.2) is 0 Å². The lowest BCUT2D eigenvalue weighted by Gasteiger charge is -2.12. The van der Waals surface area contributed by atoms with Crippen molar-refractivity contribution in [1.82, 2.24) is 5.32 Å². The topological polar surface area (TPSA) is 72.2 Å². The fourth-order valence-electron chi connectivity index (χ4n) is 1.52. The van der Waals surface area contributed by atoms with Crippen molar-refractivity contribution in [1.29, 1.82) is 0 Å². The zero-order valence-electron chi connectivity index (χ0n) is 9.98. The van der Waals surface area contributed by atoms with Gasteiger partial charge >= 0.3 is 0 Å². The lowest BCUT2D eigenvalue weighted by atomic mass is 10.0. The van der Waals surface area contributed by atoms with Crippen LogP contribution < -0.4 is 11.1 Å². The van der Waals surface area contributed by atoms with Gasteiger partial charge in [-0.3, -0.25) is 9.59 Å². The van der Waals surface area contributed by atoms with Gasteiger partial charge in [-0.05, 0) is 18.9 Å². The first-order chi connectivity index (χ1) is 8.11. The van der Waals surface area contributed by atoms with E-state index in [-0.39, 0.29) is 17.7 Å². The number of nitrogens with two attached hydrogens (primary N) is 1. The SMILES string of the molecule is C[C@H](C(=O)NCCCC(N)=O)c1ccccc1. The van der Waals surface area contributed by atoms with Gasteiger partial charge in [-0.15, -0.1) is 0 Å². The van der Waals surface area contributed by atoms with Crippen molar-refractivity contribution >= 4 is 11.8 Å². The van der Waals surface area contributed by atoms with Gasteiger partial charge in [-0.1, -0.05) is 30.3 Å². The number of benzene rings is 1. The van der Waals surface area contributed by atoms with E-state index < -0.39 is 0 Å². The summed E-state index contributed by atoms with van der Waals surface area (Å²) in [4.78, 5) is 22.3. The van der Waals surface area contributed by atoms with Crippen LogP contribution in [0.5, 0.6) is 0 Å². The molecule has 1 aromatic carbocycles. The minimum atomic E-state index is -0.338. The van der Waals surface area contributed by atoms with Crippen molar-refractivity contribution in [2.24, 2.45) is 5.73 Å². The lowest BCUT2D eigenvalue weighted by molar-refractivity contribution is -0.122. The van der Waals surface area contributed by atoms with E-state index in [1.807, 2.05) is 37.3 Å². The fourth-order valence-corrected chi connectivity index (χ4v) is 1.52. The molecule has 92 valence electrons. The van der Waals surface area contributed by atoms with Crippen LogP contribution in [0.4, 0.5) is 0 Å². The number of primary amides is 1. The second-order valence-corrected chi connectivity index (χ2v) is 3.99. The Morgan fingerprint density at radius 2 is 1.94 bits per heavy atom. The van der Waals surface area contributed by atoms with Gasteiger partial charge in [0.2, 0.25) is 11.8 Å². The highest BCUT2D eigenvalue weighted by atomic mass is 16.2. The largest absolute Gasteiger partial charge is 0.370 e. The molecule has 0 radical (unpaired) electrons. The van der Waals surface area contributed by atoms with E-state index in [9.17, 15) is 9.59 Å². The van der Waals surface area contributed by atoms with Gasteiger partial charge in [0.05, 0.1) is 5.92 Å². The normalized spacial score (nSPS) is 11.8. The molecule has 0 aromatic heterocycles. The Labute approximate surface area is 101 Å². The van der Waals surface area contributed by atoms with Crippen LogP contribution in [-0.4, -0.2) is 18.4 Å². The maximum atomic E-state index is 11.8. The van der Waals surface area contributed by atoms with E-state index in [1.54, 1.807) is 0 Å². The molecular weight excluding hydrogens is 216 g/mol. The molecule has 1 aromatic rings. The standard InChI is InChI=1S/C13H18N2O2/c1-10(11-6-3-2-4-7-11)13(17)15-9-5-8-12(14)16/h2-4,6-7,10H,5,8-9H2,1H3,(H2,14,16)(H,15,17)/t10-/m0/s1. The molecule has 0 unspecified atom stereocenters. The first-order valence-electron chi connectivity index (χ1n) is 5.72. The van der Waals surface area contributed by atoms with Crippen molar-refractivity contribution < 1.29 is 9.59 Å². The predicted octanol–water partition coefficient (Wildman–Crippen LogP) is 1.17. The first kappa shape index (κ1) is 13.2. The molecule has 1 rings (SSSR count). The summed E-state index contributed by atoms with van der Waals surface area (Å²) in [7, 11) is 0. The van der Waals surface area contributed by atoms with Crippen LogP contribution in [0.25, 0.3) is 0 Å². The summed E-state index contributed by atoms with van der Waals surface area (Å²) < 4.78 is 0. The third kappa shape index (κ3) is 4.68. The molecule has 0 aliphatic carbocycles. The van der Waals surface area contributed by atoms with Gasteiger partial charge in [0, 0.05) is 13.0 Å². The van der Waals surface area contributed by atoms with Crippen molar-refractivity contribution in [2.75, 3.05) is 6.54 Å². The summed E-state index contributed by atoms with van der Waals surface area (Å²) in [6.45, 7) is 2.34. The highest BCUT2D eigenvalue weighted by molar-refractivity contribution is 5.83. The molecule has 0 fully saturated rings. The smallest absolute Gasteiger partial charge is 0.227 e. The Morgan fingerprint density at radius 1 is 1.29 bits per heavy atom. The monoisotopic (exact) mass is 234 g/mol. The summed E-state index contributed by atoms with van der Waals surface area (Å²) in [6, 6.07) is 9.58. The molecular formula is C13H18N2O2. The van der Waals surface area contributed by atoms with Crippen molar-refractivity contribution in [3.05, 3.63) is 35.9 Å². The van der Waals surface area contributed by atoms with Crippen LogP contribution in [0.2, 0.25) is 0 Å². The number of rotatable bonds is 6.